The molecule has 25 heavy (non-hydrogen) atoms. The van der Waals surface area contributed by atoms with Gasteiger partial charge in [-0.3, -0.25) is 9.59 Å². The van der Waals surface area contributed by atoms with Gasteiger partial charge in [-0.1, -0.05) is 31.0 Å². The molecule has 2 amide bonds. The second-order valence-electron chi connectivity index (χ2n) is 7.75. The van der Waals surface area contributed by atoms with E-state index in [1.807, 2.05) is 24.3 Å². The third-order valence-electron chi connectivity index (χ3n) is 5.75. The van der Waals surface area contributed by atoms with E-state index in [1.54, 1.807) is 0 Å². The maximum atomic E-state index is 12.9. The lowest BCUT2D eigenvalue weighted by molar-refractivity contribution is -0.136. The molecule has 4 rings (SSSR count). The molecular formula is C20H26N2O3. The highest BCUT2D eigenvalue weighted by Gasteiger charge is 2.44. The Labute approximate surface area is 148 Å². The average molecular weight is 342 g/mol. The summed E-state index contributed by atoms with van der Waals surface area (Å²) in [6.07, 6.45) is 6.53. The Morgan fingerprint density at radius 2 is 1.92 bits per heavy atom. The third kappa shape index (κ3) is 3.51. The molecule has 2 aliphatic carbocycles. The number of fused-ring (bicyclic) bond motifs is 1. The summed E-state index contributed by atoms with van der Waals surface area (Å²) in [6, 6.07) is 7.85. The summed E-state index contributed by atoms with van der Waals surface area (Å²) in [7, 11) is 0. The van der Waals surface area contributed by atoms with E-state index in [9.17, 15) is 9.59 Å². The predicted molar refractivity (Wildman–Crippen MR) is 94.2 cm³/mol. The predicted octanol–water partition coefficient (Wildman–Crippen LogP) is 2.19. The lowest BCUT2D eigenvalue weighted by atomic mass is 9.91. The Bertz CT molecular complexity index is 663. The van der Waals surface area contributed by atoms with Gasteiger partial charge in [0.25, 0.3) is 0 Å². The Morgan fingerprint density at radius 3 is 2.68 bits per heavy atom. The minimum absolute atomic E-state index is 0.00220. The molecular weight excluding hydrogens is 316 g/mol. The lowest BCUT2D eigenvalue weighted by Crippen LogP contribution is -2.59. The van der Waals surface area contributed by atoms with Gasteiger partial charge in [0.05, 0.1) is 5.92 Å². The molecule has 1 aliphatic heterocycles. The van der Waals surface area contributed by atoms with E-state index in [0.29, 0.717) is 18.9 Å². The van der Waals surface area contributed by atoms with Crippen LogP contribution in [0.3, 0.4) is 0 Å². The van der Waals surface area contributed by atoms with Crippen molar-refractivity contribution in [2.75, 3.05) is 13.2 Å². The summed E-state index contributed by atoms with van der Waals surface area (Å²) in [6.45, 7) is 1.12. The molecule has 0 saturated heterocycles. The molecule has 1 atom stereocenters. The van der Waals surface area contributed by atoms with Crippen LogP contribution in [0.15, 0.2) is 24.3 Å². The number of benzene rings is 1. The molecule has 0 aromatic heterocycles. The first-order chi connectivity index (χ1) is 12.2. The Kier molecular flexibility index (Phi) is 4.40. The van der Waals surface area contributed by atoms with Crippen molar-refractivity contribution in [2.45, 2.75) is 50.5 Å². The summed E-state index contributed by atoms with van der Waals surface area (Å²) in [5.41, 5.74) is 0.343. The fourth-order valence-corrected chi connectivity index (χ4v) is 3.95. The minimum atomic E-state index is -0.719. The number of hydrogen-bond acceptors (Lipinski definition) is 3. The molecule has 5 nitrogen and oxygen atoms in total. The van der Waals surface area contributed by atoms with E-state index in [4.69, 9.17) is 4.74 Å². The van der Waals surface area contributed by atoms with E-state index in [2.05, 4.69) is 10.6 Å². The van der Waals surface area contributed by atoms with Crippen LogP contribution in [0.2, 0.25) is 0 Å². The second kappa shape index (κ2) is 6.70. The molecule has 1 heterocycles. The first kappa shape index (κ1) is 16.4. The van der Waals surface area contributed by atoms with Gasteiger partial charge in [0.2, 0.25) is 11.8 Å². The average Bonchev–Trinajstić information content (AvgIpc) is 3.36. The maximum Gasteiger partial charge on any atom is 0.245 e. The van der Waals surface area contributed by atoms with Gasteiger partial charge in [-0.15, -0.1) is 0 Å². The van der Waals surface area contributed by atoms with Crippen molar-refractivity contribution < 1.29 is 14.3 Å². The van der Waals surface area contributed by atoms with Crippen LogP contribution in [-0.2, 0) is 16.0 Å². The molecule has 0 unspecified atom stereocenters. The SMILES string of the molecule is O=C(NC1(C(=O)NCC2CC2)CCCC1)[C@@H]1COc2ccccc2C1. The standard InChI is InChI=1S/C20H26N2O3/c23-18(16-11-15-5-1-2-6-17(15)25-13-16)22-20(9-3-4-10-20)19(24)21-12-14-7-8-14/h1-2,5-6,14,16H,3-4,7-13H2,(H,21,24)(H,22,23)/t16-/m0/s1. The molecule has 1 aromatic carbocycles. The van der Waals surface area contributed by atoms with E-state index in [1.165, 1.54) is 12.8 Å². The minimum Gasteiger partial charge on any atom is -0.492 e. The first-order valence-electron chi connectivity index (χ1n) is 9.47. The van der Waals surface area contributed by atoms with Gasteiger partial charge < -0.3 is 15.4 Å². The molecule has 134 valence electrons. The van der Waals surface area contributed by atoms with Crippen LogP contribution in [-0.4, -0.2) is 30.5 Å². The zero-order valence-corrected chi connectivity index (χ0v) is 14.6. The largest absolute Gasteiger partial charge is 0.492 e. The number of ether oxygens (including phenoxy) is 1. The van der Waals surface area contributed by atoms with E-state index >= 15 is 0 Å². The fraction of sp³-hybridized carbons (Fsp3) is 0.600. The summed E-state index contributed by atoms with van der Waals surface area (Å²) in [5, 5.41) is 6.17. The number of hydrogen-bond donors (Lipinski definition) is 2. The van der Waals surface area contributed by atoms with Crippen LogP contribution in [0.25, 0.3) is 0 Å². The van der Waals surface area contributed by atoms with Crippen molar-refractivity contribution in [3.63, 3.8) is 0 Å². The van der Waals surface area contributed by atoms with Crippen molar-refractivity contribution in [1.82, 2.24) is 10.6 Å². The van der Waals surface area contributed by atoms with Crippen LogP contribution in [0.4, 0.5) is 0 Å². The molecule has 0 spiro atoms. The van der Waals surface area contributed by atoms with Crippen LogP contribution in [0, 0.1) is 11.8 Å². The second-order valence-corrected chi connectivity index (χ2v) is 7.75. The molecule has 0 radical (unpaired) electrons. The van der Waals surface area contributed by atoms with Gasteiger partial charge in [0.15, 0.2) is 0 Å². The molecule has 2 fully saturated rings. The maximum absolute atomic E-state index is 12.9. The first-order valence-corrected chi connectivity index (χ1v) is 9.47. The topological polar surface area (TPSA) is 67.4 Å². The van der Waals surface area contributed by atoms with Gasteiger partial charge in [-0.2, -0.15) is 0 Å². The summed E-state index contributed by atoms with van der Waals surface area (Å²) >= 11 is 0. The summed E-state index contributed by atoms with van der Waals surface area (Å²) in [4.78, 5) is 25.6. The Hall–Kier alpha value is -2.04. The normalized spacial score (nSPS) is 24.1. The number of rotatable bonds is 5. The monoisotopic (exact) mass is 342 g/mol. The van der Waals surface area contributed by atoms with Crippen molar-refractivity contribution in [3.05, 3.63) is 29.8 Å². The van der Waals surface area contributed by atoms with Gasteiger partial charge >= 0.3 is 0 Å². The van der Waals surface area contributed by atoms with Crippen molar-refractivity contribution in [2.24, 2.45) is 11.8 Å². The Morgan fingerprint density at radius 1 is 1.16 bits per heavy atom. The van der Waals surface area contributed by atoms with E-state index in [-0.39, 0.29) is 17.7 Å². The summed E-state index contributed by atoms with van der Waals surface area (Å²) < 4.78 is 5.74. The lowest BCUT2D eigenvalue weighted by Gasteiger charge is -2.32. The number of para-hydroxylation sites is 1. The van der Waals surface area contributed by atoms with Crippen LogP contribution in [0.5, 0.6) is 5.75 Å². The smallest absolute Gasteiger partial charge is 0.245 e. The molecule has 1 aromatic rings. The third-order valence-corrected chi connectivity index (χ3v) is 5.75. The highest BCUT2D eigenvalue weighted by Crippen LogP contribution is 2.33. The van der Waals surface area contributed by atoms with Crippen LogP contribution >= 0.6 is 0 Å². The van der Waals surface area contributed by atoms with Gasteiger partial charge in [0, 0.05) is 6.54 Å². The highest BCUT2D eigenvalue weighted by molar-refractivity contribution is 5.92. The zero-order chi connectivity index (χ0) is 17.3. The molecule has 3 aliphatic rings. The molecule has 2 saturated carbocycles. The van der Waals surface area contributed by atoms with Crippen molar-refractivity contribution in [1.29, 1.82) is 0 Å². The molecule has 5 heteroatoms. The summed E-state index contributed by atoms with van der Waals surface area (Å²) in [5.74, 6) is 1.22. The van der Waals surface area contributed by atoms with Gasteiger partial charge in [-0.05, 0) is 49.7 Å². The quantitative estimate of drug-likeness (QED) is 0.862. The highest BCUT2D eigenvalue weighted by atomic mass is 16.5. The number of amides is 2. The van der Waals surface area contributed by atoms with Gasteiger partial charge in [-0.25, -0.2) is 0 Å². The number of carbonyl (C=O) groups excluding carboxylic acids is 2. The Balaban J connectivity index is 1.41. The molecule has 2 N–H and O–H groups in total. The molecule has 0 bridgehead atoms. The fourth-order valence-electron chi connectivity index (χ4n) is 3.95. The van der Waals surface area contributed by atoms with E-state index < -0.39 is 5.54 Å². The zero-order valence-electron chi connectivity index (χ0n) is 14.6. The van der Waals surface area contributed by atoms with E-state index in [0.717, 1.165) is 43.5 Å². The number of carbonyl (C=O) groups is 2. The van der Waals surface area contributed by atoms with Crippen LogP contribution in [0.1, 0.15) is 44.1 Å². The van der Waals surface area contributed by atoms with Crippen molar-refractivity contribution in [3.8, 4) is 5.75 Å². The number of nitrogens with one attached hydrogen (secondary N) is 2. The van der Waals surface area contributed by atoms with Gasteiger partial charge in [0.1, 0.15) is 17.9 Å². The van der Waals surface area contributed by atoms with Crippen LogP contribution < -0.4 is 15.4 Å². The van der Waals surface area contributed by atoms with Crippen molar-refractivity contribution >= 4 is 11.8 Å².